The average Bonchev–Trinajstić information content (AvgIpc) is 2.56. The monoisotopic (exact) mass is 350 g/mol. The highest BCUT2D eigenvalue weighted by molar-refractivity contribution is 9.10. The number of halogens is 2. The number of carbonyl (C=O) groups excluding carboxylic acids is 1. The third-order valence-electron chi connectivity index (χ3n) is 2.96. The number of benzene rings is 1. The molecule has 0 spiro atoms. The zero-order valence-electron chi connectivity index (χ0n) is 10.3. The second-order valence-electron chi connectivity index (χ2n) is 4.46. The SMILES string of the molecule is CC(=O)OC1c2c(S(C)(=O)=O)ccc(Br)c2CC1F. The largest absolute Gasteiger partial charge is 0.454 e. The first kappa shape index (κ1) is 14.5. The topological polar surface area (TPSA) is 60.4 Å². The minimum Gasteiger partial charge on any atom is -0.454 e. The lowest BCUT2D eigenvalue weighted by atomic mass is 10.1. The summed E-state index contributed by atoms with van der Waals surface area (Å²) in [5, 5.41) is 0. The van der Waals surface area contributed by atoms with Crippen molar-refractivity contribution in [1.82, 2.24) is 0 Å². The smallest absolute Gasteiger partial charge is 0.303 e. The minimum atomic E-state index is -3.52. The molecule has 0 heterocycles. The van der Waals surface area contributed by atoms with Crippen molar-refractivity contribution in [2.24, 2.45) is 0 Å². The summed E-state index contributed by atoms with van der Waals surface area (Å²) in [6.07, 6.45) is -1.52. The molecule has 0 fully saturated rings. The number of ether oxygens (including phenoxy) is 1. The number of hydrogen-bond acceptors (Lipinski definition) is 4. The van der Waals surface area contributed by atoms with Gasteiger partial charge in [0.2, 0.25) is 0 Å². The Morgan fingerprint density at radius 2 is 2.11 bits per heavy atom. The molecule has 7 heteroatoms. The molecule has 1 aromatic carbocycles. The summed E-state index contributed by atoms with van der Waals surface area (Å²) in [5.41, 5.74) is 0.793. The van der Waals surface area contributed by atoms with Gasteiger partial charge >= 0.3 is 5.97 Å². The second-order valence-corrected chi connectivity index (χ2v) is 7.30. The summed E-state index contributed by atoms with van der Waals surface area (Å²) in [6.45, 7) is 1.17. The van der Waals surface area contributed by atoms with Crippen molar-refractivity contribution < 1.29 is 22.3 Å². The van der Waals surface area contributed by atoms with E-state index in [0.717, 1.165) is 6.26 Å². The van der Waals surface area contributed by atoms with E-state index in [9.17, 15) is 17.6 Å². The van der Waals surface area contributed by atoms with Gasteiger partial charge in [-0.1, -0.05) is 15.9 Å². The number of hydrogen-bond donors (Lipinski definition) is 0. The van der Waals surface area contributed by atoms with Gasteiger partial charge in [0.1, 0.15) is 6.17 Å². The average molecular weight is 351 g/mol. The molecule has 0 saturated carbocycles. The number of sulfone groups is 1. The molecule has 1 aliphatic carbocycles. The molecular formula is C12H12BrFO4S. The molecule has 104 valence electrons. The molecule has 2 unspecified atom stereocenters. The van der Waals surface area contributed by atoms with Crippen LogP contribution in [0.5, 0.6) is 0 Å². The molecular weight excluding hydrogens is 339 g/mol. The third kappa shape index (κ3) is 2.67. The van der Waals surface area contributed by atoms with Crippen molar-refractivity contribution in [1.29, 1.82) is 0 Å². The fourth-order valence-corrected chi connectivity index (χ4v) is 3.72. The predicted molar refractivity (Wildman–Crippen MR) is 70.4 cm³/mol. The number of fused-ring (bicyclic) bond motifs is 1. The maximum absolute atomic E-state index is 14.0. The van der Waals surface area contributed by atoms with Crippen LogP contribution in [0.2, 0.25) is 0 Å². The molecule has 1 aliphatic rings. The van der Waals surface area contributed by atoms with E-state index in [2.05, 4.69) is 15.9 Å². The minimum absolute atomic E-state index is 0.0112. The van der Waals surface area contributed by atoms with Crippen molar-refractivity contribution in [3.8, 4) is 0 Å². The number of carbonyl (C=O) groups is 1. The lowest BCUT2D eigenvalue weighted by Gasteiger charge is -2.17. The van der Waals surface area contributed by atoms with Gasteiger partial charge in [0.05, 0.1) is 4.90 Å². The van der Waals surface area contributed by atoms with E-state index in [1.54, 1.807) is 6.07 Å². The van der Waals surface area contributed by atoms with E-state index in [0.29, 0.717) is 10.0 Å². The van der Waals surface area contributed by atoms with Crippen LogP contribution in [0.1, 0.15) is 24.2 Å². The zero-order valence-corrected chi connectivity index (χ0v) is 12.7. The summed E-state index contributed by atoms with van der Waals surface area (Å²) in [5.74, 6) is -0.639. The van der Waals surface area contributed by atoms with Crippen LogP contribution in [0.3, 0.4) is 0 Å². The molecule has 0 amide bonds. The van der Waals surface area contributed by atoms with E-state index >= 15 is 0 Å². The molecule has 19 heavy (non-hydrogen) atoms. The van der Waals surface area contributed by atoms with Gasteiger partial charge < -0.3 is 4.74 Å². The van der Waals surface area contributed by atoms with E-state index < -0.39 is 28.1 Å². The standard InChI is InChI=1S/C12H12BrFO4S/c1-6(15)18-12-9(14)5-7-8(13)3-4-10(11(7)12)19(2,16)17/h3-4,9,12H,5H2,1-2H3. The maximum Gasteiger partial charge on any atom is 0.303 e. The van der Waals surface area contributed by atoms with Gasteiger partial charge in [0, 0.05) is 29.6 Å². The fraction of sp³-hybridized carbons (Fsp3) is 0.417. The Kier molecular flexibility index (Phi) is 3.70. The summed E-state index contributed by atoms with van der Waals surface area (Å²) in [7, 11) is -3.52. The summed E-state index contributed by atoms with van der Waals surface area (Å²) >= 11 is 3.27. The molecule has 1 aromatic rings. The van der Waals surface area contributed by atoms with Gasteiger partial charge in [-0.15, -0.1) is 0 Å². The highest BCUT2D eigenvalue weighted by Gasteiger charge is 2.40. The Hall–Kier alpha value is -0.950. The molecule has 2 atom stereocenters. The lowest BCUT2D eigenvalue weighted by molar-refractivity contribution is -0.149. The van der Waals surface area contributed by atoms with Gasteiger partial charge in [0.25, 0.3) is 0 Å². The van der Waals surface area contributed by atoms with E-state index in [1.165, 1.54) is 13.0 Å². The van der Waals surface area contributed by atoms with Crippen LogP contribution in [0.4, 0.5) is 4.39 Å². The molecule has 0 N–H and O–H groups in total. The Bertz CT molecular complexity index is 641. The van der Waals surface area contributed by atoms with Gasteiger partial charge in [0.15, 0.2) is 15.9 Å². The van der Waals surface area contributed by atoms with Crippen molar-refractivity contribution in [2.45, 2.75) is 30.5 Å². The maximum atomic E-state index is 14.0. The van der Waals surface area contributed by atoms with Gasteiger partial charge in [-0.2, -0.15) is 0 Å². The Morgan fingerprint density at radius 3 is 2.63 bits per heavy atom. The van der Waals surface area contributed by atoms with Gasteiger partial charge in [-0.05, 0) is 17.7 Å². The summed E-state index contributed by atoms with van der Waals surface area (Å²) in [6, 6.07) is 2.96. The third-order valence-corrected chi connectivity index (χ3v) is 4.86. The van der Waals surface area contributed by atoms with Crippen LogP contribution in [0.15, 0.2) is 21.5 Å². The van der Waals surface area contributed by atoms with Gasteiger partial charge in [-0.25, -0.2) is 12.8 Å². The predicted octanol–water partition coefficient (Wildman–Crippen LogP) is 2.35. The lowest BCUT2D eigenvalue weighted by Crippen LogP contribution is -2.17. The van der Waals surface area contributed by atoms with Crippen molar-refractivity contribution in [3.63, 3.8) is 0 Å². The van der Waals surface area contributed by atoms with Crippen LogP contribution >= 0.6 is 15.9 Å². The summed E-state index contributed by atoms with van der Waals surface area (Å²) < 4.78 is 43.1. The Labute approximate surface area is 119 Å². The van der Waals surface area contributed by atoms with Crippen molar-refractivity contribution in [3.05, 3.63) is 27.7 Å². The number of esters is 1. The Balaban J connectivity index is 2.66. The van der Waals surface area contributed by atoms with E-state index in [4.69, 9.17) is 4.74 Å². The quantitative estimate of drug-likeness (QED) is 0.768. The van der Waals surface area contributed by atoms with Crippen LogP contribution in [-0.4, -0.2) is 26.8 Å². The fourth-order valence-electron chi connectivity index (χ4n) is 2.25. The normalized spacial score (nSPS) is 22.1. The molecule has 0 bridgehead atoms. The van der Waals surface area contributed by atoms with Crippen molar-refractivity contribution >= 4 is 31.7 Å². The summed E-state index contributed by atoms with van der Waals surface area (Å²) in [4.78, 5) is 11.1. The highest BCUT2D eigenvalue weighted by Crippen LogP contribution is 2.43. The van der Waals surface area contributed by atoms with Crippen LogP contribution < -0.4 is 0 Å². The zero-order chi connectivity index (χ0) is 14.4. The molecule has 0 aromatic heterocycles. The van der Waals surface area contributed by atoms with E-state index in [-0.39, 0.29) is 16.9 Å². The highest BCUT2D eigenvalue weighted by atomic mass is 79.9. The number of alkyl halides is 1. The molecule has 0 radical (unpaired) electrons. The van der Waals surface area contributed by atoms with Gasteiger partial charge in [-0.3, -0.25) is 4.79 Å². The van der Waals surface area contributed by atoms with Crippen LogP contribution in [0, 0.1) is 0 Å². The van der Waals surface area contributed by atoms with Crippen LogP contribution in [0.25, 0.3) is 0 Å². The first-order valence-electron chi connectivity index (χ1n) is 5.54. The van der Waals surface area contributed by atoms with E-state index in [1.807, 2.05) is 0 Å². The molecule has 0 saturated heterocycles. The van der Waals surface area contributed by atoms with Crippen LogP contribution in [-0.2, 0) is 25.8 Å². The number of rotatable bonds is 2. The molecule has 2 rings (SSSR count). The Morgan fingerprint density at radius 1 is 1.47 bits per heavy atom. The molecule has 0 aliphatic heterocycles. The first-order chi connectivity index (χ1) is 8.71. The first-order valence-corrected chi connectivity index (χ1v) is 8.23. The molecule has 4 nitrogen and oxygen atoms in total. The van der Waals surface area contributed by atoms with Crippen molar-refractivity contribution in [2.75, 3.05) is 6.26 Å². The second kappa shape index (κ2) is 4.86.